The topological polar surface area (TPSA) is 49.6 Å². The van der Waals surface area contributed by atoms with Gasteiger partial charge in [0.1, 0.15) is 11.6 Å². The fourth-order valence-corrected chi connectivity index (χ4v) is 3.65. The van der Waals surface area contributed by atoms with Crippen LogP contribution in [0.5, 0.6) is 0 Å². The average Bonchev–Trinajstić information content (AvgIpc) is 3.06. The third-order valence-electron chi connectivity index (χ3n) is 5.27. The van der Waals surface area contributed by atoms with Crippen LogP contribution in [0.2, 0.25) is 0 Å². The average molecular weight is 373 g/mol. The summed E-state index contributed by atoms with van der Waals surface area (Å²) in [5.41, 5.74) is 1.84. The number of likely N-dealkylation sites (tertiary alicyclic amines) is 1. The Morgan fingerprint density at radius 3 is 2.78 bits per heavy atom. The van der Waals surface area contributed by atoms with Gasteiger partial charge in [0.05, 0.1) is 12.1 Å². The van der Waals surface area contributed by atoms with Crippen LogP contribution in [-0.4, -0.2) is 54.1 Å². The SMILES string of the molecule is Cc1cc(CC(=O)N(C)CC2CCN(CCc3cccc(F)c3)CC2)on1. The van der Waals surface area contributed by atoms with E-state index in [9.17, 15) is 9.18 Å². The summed E-state index contributed by atoms with van der Waals surface area (Å²) in [7, 11) is 1.86. The van der Waals surface area contributed by atoms with Crippen LogP contribution in [0.3, 0.4) is 0 Å². The zero-order valence-corrected chi connectivity index (χ0v) is 16.2. The Morgan fingerprint density at radius 2 is 2.11 bits per heavy atom. The second kappa shape index (κ2) is 9.13. The quantitative estimate of drug-likeness (QED) is 0.748. The smallest absolute Gasteiger partial charge is 0.230 e. The number of carbonyl (C=O) groups excluding carboxylic acids is 1. The van der Waals surface area contributed by atoms with Crippen LogP contribution in [0, 0.1) is 18.7 Å². The fraction of sp³-hybridized carbons (Fsp3) is 0.524. The molecule has 27 heavy (non-hydrogen) atoms. The van der Waals surface area contributed by atoms with Gasteiger partial charge in [-0.05, 0) is 62.9 Å². The molecule has 0 saturated carbocycles. The van der Waals surface area contributed by atoms with Crippen molar-refractivity contribution in [2.24, 2.45) is 5.92 Å². The lowest BCUT2D eigenvalue weighted by atomic mass is 9.96. The number of aromatic nitrogens is 1. The van der Waals surface area contributed by atoms with Crippen LogP contribution in [0.4, 0.5) is 4.39 Å². The number of rotatable bonds is 7. The van der Waals surface area contributed by atoms with Crippen LogP contribution in [0.1, 0.15) is 29.9 Å². The van der Waals surface area contributed by atoms with E-state index >= 15 is 0 Å². The van der Waals surface area contributed by atoms with E-state index in [0.29, 0.717) is 11.7 Å². The lowest BCUT2D eigenvalue weighted by Crippen LogP contribution is -2.40. The molecule has 0 bridgehead atoms. The van der Waals surface area contributed by atoms with Gasteiger partial charge in [-0.15, -0.1) is 0 Å². The maximum Gasteiger partial charge on any atom is 0.230 e. The van der Waals surface area contributed by atoms with Crippen molar-refractivity contribution < 1.29 is 13.7 Å². The molecule has 3 rings (SSSR count). The second-order valence-corrected chi connectivity index (χ2v) is 7.55. The van der Waals surface area contributed by atoms with Gasteiger partial charge in [-0.3, -0.25) is 4.79 Å². The predicted molar refractivity (Wildman–Crippen MR) is 102 cm³/mol. The molecule has 5 nitrogen and oxygen atoms in total. The third kappa shape index (κ3) is 5.89. The zero-order chi connectivity index (χ0) is 19.2. The van der Waals surface area contributed by atoms with Crippen molar-refractivity contribution in [1.82, 2.24) is 15.0 Å². The van der Waals surface area contributed by atoms with Gasteiger partial charge in [0, 0.05) is 26.2 Å². The minimum absolute atomic E-state index is 0.0692. The zero-order valence-electron chi connectivity index (χ0n) is 16.2. The highest BCUT2D eigenvalue weighted by molar-refractivity contribution is 5.77. The van der Waals surface area contributed by atoms with Gasteiger partial charge in [-0.1, -0.05) is 17.3 Å². The number of benzene rings is 1. The van der Waals surface area contributed by atoms with E-state index in [-0.39, 0.29) is 18.1 Å². The Bertz CT molecular complexity index is 753. The molecule has 0 aliphatic carbocycles. The largest absolute Gasteiger partial charge is 0.361 e. The molecule has 0 atom stereocenters. The summed E-state index contributed by atoms with van der Waals surface area (Å²) in [6.07, 6.45) is 3.31. The number of likely N-dealkylation sites (N-methyl/N-ethyl adjacent to an activating group) is 1. The van der Waals surface area contributed by atoms with Crippen LogP contribution >= 0.6 is 0 Å². The Labute approximate surface area is 160 Å². The van der Waals surface area contributed by atoms with Crippen molar-refractivity contribution in [2.75, 3.05) is 33.2 Å². The lowest BCUT2D eigenvalue weighted by Gasteiger charge is -2.33. The number of carbonyl (C=O) groups is 1. The summed E-state index contributed by atoms with van der Waals surface area (Å²) in [6.45, 7) is 5.65. The third-order valence-corrected chi connectivity index (χ3v) is 5.27. The number of hydrogen-bond acceptors (Lipinski definition) is 4. The molecule has 1 amide bonds. The number of hydrogen-bond donors (Lipinski definition) is 0. The number of nitrogens with zero attached hydrogens (tertiary/aromatic N) is 3. The highest BCUT2D eigenvalue weighted by Crippen LogP contribution is 2.19. The Hall–Kier alpha value is -2.21. The molecule has 1 fully saturated rings. The van der Waals surface area contributed by atoms with Crippen LogP contribution in [-0.2, 0) is 17.6 Å². The van der Waals surface area contributed by atoms with E-state index in [1.165, 1.54) is 6.07 Å². The molecule has 0 radical (unpaired) electrons. The van der Waals surface area contributed by atoms with Gasteiger partial charge in [0.25, 0.3) is 0 Å². The molecule has 146 valence electrons. The molecule has 1 aromatic carbocycles. The summed E-state index contributed by atoms with van der Waals surface area (Å²) in [5, 5.41) is 3.83. The first kappa shape index (κ1) is 19.5. The molecule has 0 unspecified atom stereocenters. The van der Waals surface area contributed by atoms with Crippen molar-refractivity contribution >= 4 is 5.91 Å². The molecule has 1 aromatic heterocycles. The standard InChI is InChI=1S/C21H28FN3O2/c1-16-12-20(27-23-16)14-21(26)24(2)15-18-7-10-25(11-8-18)9-6-17-4-3-5-19(22)13-17/h3-5,12-13,18H,6-11,14-15H2,1-2H3. The fourth-order valence-electron chi connectivity index (χ4n) is 3.65. The van der Waals surface area contributed by atoms with Gasteiger partial charge < -0.3 is 14.3 Å². The van der Waals surface area contributed by atoms with Crippen LogP contribution < -0.4 is 0 Å². The van der Waals surface area contributed by atoms with E-state index in [0.717, 1.165) is 56.7 Å². The summed E-state index contributed by atoms with van der Waals surface area (Å²) in [4.78, 5) is 16.6. The van der Waals surface area contributed by atoms with Gasteiger partial charge in [-0.25, -0.2) is 4.39 Å². The normalized spacial score (nSPS) is 15.8. The van der Waals surface area contributed by atoms with Crippen LogP contribution in [0.25, 0.3) is 0 Å². The summed E-state index contributed by atoms with van der Waals surface area (Å²) < 4.78 is 18.4. The van der Waals surface area contributed by atoms with E-state index in [2.05, 4.69) is 10.1 Å². The molecule has 6 heteroatoms. The van der Waals surface area contributed by atoms with E-state index in [1.807, 2.05) is 31.0 Å². The predicted octanol–water partition coefficient (Wildman–Crippen LogP) is 3.08. The maximum atomic E-state index is 13.3. The molecule has 0 spiro atoms. The van der Waals surface area contributed by atoms with E-state index in [1.54, 1.807) is 12.1 Å². The molecular weight excluding hydrogens is 345 g/mol. The number of halogens is 1. The van der Waals surface area contributed by atoms with Gasteiger partial charge >= 0.3 is 0 Å². The second-order valence-electron chi connectivity index (χ2n) is 7.55. The molecule has 1 aliphatic rings. The molecule has 2 aromatic rings. The Balaban J connectivity index is 1.37. The molecule has 1 saturated heterocycles. The lowest BCUT2D eigenvalue weighted by molar-refractivity contribution is -0.130. The number of amides is 1. The monoisotopic (exact) mass is 373 g/mol. The van der Waals surface area contributed by atoms with Gasteiger partial charge in [-0.2, -0.15) is 0 Å². The maximum absolute atomic E-state index is 13.3. The number of piperidine rings is 1. The van der Waals surface area contributed by atoms with Crippen molar-refractivity contribution in [3.63, 3.8) is 0 Å². The molecule has 1 aliphatic heterocycles. The highest BCUT2D eigenvalue weighted by atomic mass is 19.1. The summed E-state index contributed by atoms with van der Waals surface area (Å²) in [6, 6.07) is 8.65. The Morgan fingerprint density at radius 1 is 1.33 bits per heavy atom. The Kier molecular flexibility index (Phi) is 6.61. The molecule has 2 heterocycles. The first-order valence-electron chi connectivity index (χ1n) is 9.62. The minimum atomic E-state index is -0.167. The number of aryl methyl sites for hydroxylation is 1. The summed E-state index contributed by atoms with van der Waals surface area (Å²) in [5.74, 6) is 1.05. The van der Waals surface area contributed by atoms with Crippen molar-refractivity contribution in [2.45, 2.75) is 32.6 Å². The van der Waals surface area contributed by atoms with Crippen LogP contribution in [0.15, 0.2) is 34.9 Å². The summed E-state index contributed by atoms with van der Waals surface area (Å²) >= 11 is 0. The van der Waals surface area contributed by atoms with Gasteiger partial charge in [0.15, 0.2) is 0 Å². The van der Waals surface area contributed by atoms with E-state index in [4.69, 9.17) is 4.52 Å². The van der Waals surface area contributed by atoms with Crippen molar-refractivity contribution in [3.05, 3.63) is 53.2 Å². The first-order valence-corrected chi connectivity index (χ1v) is 9.62. The van der Waals surface area contributed by atoms with Crippen molar-refractivity contribution in [1.29, 1.82) is 0 Å². The first-order chi connectivity index (χ1) is 13.0. The minimum Gasteiger partial charge on any atom is -0.361 e. The van der Waals surface area contributed by atoms with Gasteiger partial charge in [0.2, 0.25) is 5.91 Å². The molecule has 0 N–H and O–H groups in total. The highest BCUT2D eigenvalue weighted by Gasteiger charge is 2.22. The van der Waals surface area contributed by atoms with E-state index < -0.39 is 0 Å². The van der Waals surface area contributed by atoms with Crippen molar-refractivity contribution in [3.8, 4) is 0 Å². The molecular formula is C21H28FN3O2.